The summed E-state index contributed by atoms with van der Waals surface area (Å²) in [6, 6.07) is 7.26. The number of amides is 1. The molecule has 0 spiro atoms. The summed E-state index contributed by atoms with van der Waals surface area (Å²) in [5, 5.41) is 17.4. The van der Waals surface area contributed by atoms with Crippen LogP contribution in [0.2, 0.25) is 5.02 Å². The number of hydrogen-bond donors (Lipinski definition) is 1. The first-order chi connectivity index (χ1) is 11.0. The molecule has 23 heavy (non-hydrogen) atoms. The Morgan fingerprint density at radius 2 is 2.00 bits per heavy atom. The molecule has 3 aromatic rings. The van der Waals surface area contributed by atoms with Crippen LogP contribution in [0.15, 0.2) is 30.5 Å². The average Bonchev–Trinajstić information content (AvgIpc) is 3.11. The normalized spacial score (nSPS) is 10.7. The van der Waals surface area contributed by atoms with Crippen molar-refractivity contribution in [1.29, 1.82) is 0 Å². The SMILES string of the molecule is Cc1nnc(CNC(=O)c2cn(-c3ccc(Cl)cc3)nc2C)s1. The molecule has 0 aliphatic heterocycles. The van der Waals surface area contributed by atoms with Crippen molar-refractivity contribution in [3.05, 3.63) is 56.8 Å². The Morgan fingerprint density at radius 3 is 2.65 bits per heavy atom. The Morgan fingerprint density at radius 1 is 1.26 bits per heavy atom. The molecule has 0 atom stereocenters. The van der Waals surface area contributed by atoms with E-state index in [1.807, 2.05) is 19.1 Å². The van der Waals surface area contributed by atoms with Crippen LogP contribution < -0.4 is 5.32 Å². The van der Waals surface area contributed by atoms with Crippen LogP contribution in [0, 0.1) is 13.8 Å². The van der Waals surface area contributed by atoms with Crippen molar-refractivity contribution < 1.29 is 4.79 Å². The molecule has 2 heterocycles. The smallest absolute Gasteiger partial charge is 0.255 e. The summed E-state index contributed by atoms with van der Waals surface area (Å²) in [7, 11) is 0. The minimum Gasteiger partial charge on any atom is -0.345 e. The molecule has 0 unspecified atom stereocenters. The van der Waals surface area contributed by atoms with Gasteiger partial charge < -0.3 is 5.32 Å². The molecule has 1 amide bonds. The van der Waals surface area contributed by atoms with Crippen molar-refractivity contribution in [3.63, 3.8) is 0 Å². The van der Waals surface area contributed by atoms with Crippen molar-refractivity contribution in [1.82, 2.24) is 25.3 Å². The van der Waals surface area contributed by atoms with Crippen LogP contribution in [0.25, 0.3) is 5.69 Å². The number of benzene rings is 1. The number of rotatable bonds is 4. The van der Waals surface area contributed by atoms with Crippen molar-refractivity contribution >= 4 is 28.8 Å². The molecule has 0 aliphatic rings. The summed E-state index contributed by atoms with van der Waals surface area (Å²) in [6.07, 6.45) is 1.71. The molecule has 3 rings (SSSR count). The molecule has 1 aromatic carbocycles. The summed E-state index contributed by atoms with van der Waals surface area (Å²) < 4.78 is 1.66. The average molecular weight is 348 g/mol. The van der Waals surface area contributed by atoms with Crippen LogP contribution >= 0.6 is 22.9 Å². The van der Waals surface area contributed by atoms with E-state index in [2.05, 4.69) is 20.6 Å². The van der Waals surface area contributed by atoms with E-state index in [-0.39, 0.29) is 5.91 Å². The van der Waals surface area contributed by atoms with Gasteiger partial charge in [-0.25, -0.2) is 4.68 Å². The van der Waals surface area contributed by atoms with Crippen LogP contribution in [0.5, 0.6) is 0 Å². The van der Waals surface area contributed by atoms with Gasteiger partial charge in [0.2, 0.25) is 0 Å². The molecule has 0 saturated heterocycles. The van der Waals surface area contributed by atoms with Gasteiger partial charge in [-0.2, -0.15) is 5.10 Å². The van der Waals surface area contributed by atoms with Gasteiger partial charge in [-0.05, 0) is 38.1 Å². The van der Waals surface area contributed by atoms with Crippen molar-refractivity contribution in [2.24, 2.45) is 0 Å². The first-order valence-corrected chi connectivity index (χ1v) is 8.12. The van der Waals surface area contributed by atoms with Gasteiger partial charge in [0.1, 0.15) is 10.0 Å². The van der Waals surface area contributed by atoms with Gasteiger partial charge in [-0.1, -0.05) is 22.9 Å². The molecular weight excluding hydrogens is 334 g/mol. The number of nitrogens with one attached hydrogen (secondary N) is 1. The Hall–Kier alpha value is -2.25. The van der Waals surface area contributed by atoms with E-state index in [0.29, 0.717) is 22.8 Å². The minimum atomic E-state index is -0.185. The maximum Gasteiger partial charge on any atom is 0.255 e. The van der Waals surface area contributed by atoms with E-state index in [1.165, 1.54) is 11.3 Å². The number of halogens is 1. The third kappa shape index (κ3) is 3.57. The first kappa shape index (κ1) is 15.6. The third-order valence-corrected chi connectivity index (χ3v) is 4.29. The largest absolute Gasteiger partial charge is 0.345 e. The monoisotopic (exact) mass is 347 g/mol. The fourth-order valence-electron chi connectivity index (χ4n) is 2.07. The lowest BCUT2D eigenvalue weighted by Gasteiger charge is -2.01. The fourth-order valence-corrected chi connectivity index (χ4v) is 2.84. The lowest BCUT2D eigenvalue weighted by Crippen LogP contribution is -2.23. The molecule has 2 aromatic heterocycles. The molecular formula is C15H14ClN5OS. The van der Waals surface area contributed by atoms with Gasteiger partial charge in [0.25, 0.3) is 5.91 Å². The van der Waals surface area contributed by atoms with Gasteiger partial charge >= 0.3 is 0 Å². The second kappa shape index (κ2) is 6.47. The third-order valence-electron chi connectivity index (χ3n) is 3.20. The van der Waals surface area contributed by atoms with Gasteiger partial charge in [-0.3, -0.25) is 4.79 Å². The van der Waals surface area contributed by atoms with E-state index in [9.17, 15) is 4.79 Å². The predicted molar refractivity (Wildman–Crippen MR) is 89.1 cm³/mol. The summed E-state index contributed by atoms with van der Waals surface area (Å²) >= 11 is 7.35. The summed E-state index contributed by atoms with van der Waals surface area (Å²) in [6.45, 7) is 4.04. The van der Waals surface area contributed by atoms with Gasteiger partial charge in [0, 0.05) is 11.2 Å². The maximum atomic E-state index is 12.3. The van der Waals surface area contributed by atoms with Crippen LogP contribution in [0.4, 0.5) is 0 Å². The molecule has 0 fully saturated rings. The first-order valence-electron chi connectivity index (χ1n) is 6.92. The zero-order chi connectivity index (χ0) is 16.4. The molecule has 0 aliphatic carbocycles. The molecule has 0 radical (unpaired) electrons. The molecule has 0 bridgehead atoms. The van der Waals surface area contributed by atoms with Crippen LogP contribution in [0.3, 0.4) is 0 Å². The van der Waals surface area contributed by atoms with Crippen LogP contribution in [-0.2, 0) is 6.54 Å². The number of carbonyl (C=O) groups excluding carboxylic acids is 1. The molecule has 6 nitrogen and oxygen atoms in total. The van der Waals surface area contributed by atoms with Crippen molar-refractivity contribution in [2.75, 3.05) is 0 Å². The van der Waals surface area contributed by atoms with Gasteiger partial charge in [0.15, 0.2) is 0 Å². The summed E-state index contributed by atoms with van der Waals surface area (Å²) in [5.74, 6) is -0.185. The van der Waals surface area contributed by atoms with Crippen molar-refractivity contribution in [3.8, 4) is 5.69 Å². The fraction of sp³-hybridized carbons (Fsp3) is 0.200. The summed E-state index contributed by atoms with van der Waals surface area (Å²) in [4.78, 5) is 12.3. The second-order valence-corrected chi connectivity index (χ2v) is 6.65. The molecule has 0 saturated carbocycles. The molecule has 1 N–H and O–H groups in total. The van der Waals surface area contributed by atoms with Gasteiger partial charge in [-0.15, -0.1) is 10.2 Å². The highest BCUT2D eigenvalue weighted by molar-refractivity contribution is 7.11. The Labute approximate surface area is 142 Å². The van der Waals surface area contributed by atoms with Gasteiger partial charge in [0.05, 0.1) is 23.5 Å². The number of aromatic nitrogens is 4. The zero-order valence-corrected chi connectivity index (χ0v) is 14.1. The highest BCUT2D eigenvalue weighted by Gasteiger charge is 2.14. The number of hydrogen-bond acceptors (Lipinski definition) is 5. The van der Waals surface area contributed by atoms with E-state index < -0.39 is 0 Å². The highest BCUT2D eigenvalue weighted by atomic mass is 35.5. The van der Waals surface area contributed by atoms with E-state index in [1.54, 1.807) is 29.9 Å². The molecule has 8 heteroatoms. The Balaban J connectivity index is 1.74. The predicted octanol–water partition coefficient (Wildman–Crippen LogP) is 2.92. The number of carbonyl (C=O) groups is 1. The number of nitrogens with zero attached hydrogens (tertiary/aromatic N) is 4. The summed E-state index contributed by atoms with van der Waals surface area (Å²) in [5.41, 5.74) is 2.03. The standard InChI is InChI=1S/C15H14ClN5OS/c1-9-13(15(22)17-7-14-19-18-10(2)23-14)8-21(20-9)12-5-3-11(16)4-6-12/h3-6,8H,7H2,1-2H3,(H,17,22). The van der Waals surface area contributed by atoms with Crippen molar-refractivity contribution in [2.45, 2.75) is 20.4 Å². The molecule has 118 valence electrons. The van der Waals surface area contributed by atoms with Crippen LogP contribution in [0.1, 0.15) is 26.1 Å². The number of aryl methyl sites for hydroxylation is 2. The van der Waals surface area contributed by atoms with E-state index >= 15 is 0 Å². The lowest BCUT2D eigenvalue weighted by atomic mass is 10.2. The van der Waals surface area contributed by atoms with E-state index in [0.717, 1.165) is 15.7 Å². The Kier molecular flexibility index (Phi) is 4.40. The topological polar surface area (TPSA) is 72.7 Å². The van der Waals surface area contributed by atoms with Crippen LogP contribution in [-0.4, -0.2) is 25.9 Å². The maximum absolute atomic E-state index is 12.3. The second-order valence-electron chi connectivity index (χ2n) is 4.95. The lowest BCUT2D eigenvalue weighted by molar-refractivity contribution is 0.0950. The minimum absolute atomic E-state index is 0.185. The Bertz CT molecular complexity index is 840. The zero-order valence-electron chi connectivity index (χ0n) is 12.6. The quantitative estimate of drug-likeness (QED) is 0.787. The van der Waals surface area contributed by atoms with E-state index in [4.69, 9.17) is 11.6 Å². The highest BCUT2D eigenvalue weighted by Crippen LogP contribution is 2.15.